The summed E-state index contributed by atoms with van der Waals surface area (Å²) in [7, 11) is 0. The number of rotatable bonds is 6. The van der Waals surface area contributed by atoms with E-state index in [-0.39, 0.29) is 17.7 Å². The van der Waals surface area contributed by atoms with Crippen LogP contribution in [-0.4, -0.2) is 29.8 Å². The highest BCUT2D eigenvalue weighted by Gasteiger charge is 2.31. The Labute approximate surface area is 148 Å². The van der Waals surface area contributed by atoms with Crippen LogP contribution in [0.5, 0.6) is 0 Å². The molecule has 0 fully saturated rings. The van der Waals surface area contributed by atoms with Crippen molar-refractivity contribution in [2.24, 2.45) is 0 Å². The Morgan fingerprint density at radius 3 is 2.36 bits per heavy atom. The Morgan fingerprint density at radius 1 is 1.04 bits per heavy atom. The fraction of sp³-hybridized carbons (Fsp3) is 0.333. The zero-order valence-electron chi connectivity index (χ0n) is 14.8. The standard InChI is InChI=1S/C21H24N2O2/c1-3-23(4-2)21(25)16-11-9-15(10-12-16)14-22-20(24)19-13-17-7-5-6-8-18(17)19/h5-12,19H,3-4,13-14H2,1-2H3,(H,22,24)/t19-/m1/s1. The van der Waals surface area contributed by atoms with Gasteiger partial charge in [0.15, 0.2) is 0 Å². The van der Waals surface area contributed by atoms with Gasteiger partial charge >= 0.3 is 0 Å². The van der Waals surface area contributed by atoms with Crippen LogP contribution in [0.2, 0.25) is 0 Å². The third-order valence-electron chi connectivity index (χ3n) is 4.89. The van der Waals surface area contributed by atoms with Crippen molar-refractivity contribution in [3.63, 3.8) is 0 Å². The van der Waals surface area contributed by atoms with Crippen LogP contribution >= 0.6 is 0 Å². The third kappa shape index (κ3) is 3.58. The summed E-state index contributed by atoms with van der Waals surface area (Å²) >= 11 is 0. The molecule has 2 aromatic carbocycles. The summed E-state index contributed by atoms with van der Waals surface area (Å²) < 4.78 is 0. The maximum atomic E-state index is 12.3. The number of carbonyl (C=O) groups is 2. The van der Waals surface area contributed by atoms with Crippen LogP contribution in [0.1, 0.15) is 46.8 Å². The lowest BCUT2D eigenvalue weighted by Gasteiger charge is -2.28. The van der Waals surface area contributed by atoms with Crippen molar-refractivity contribution < 1.29 is 9.59 Å². The molecule has 0 heterocycles. The van der Waals surface area contributed by atoms with Gasteiger partial charge in [-0.3, -0.25) is 9.59 Å². The van der Waals surface area contributed by atoms with Crippen LogP contribution in [0, 0.1) is 0 Å². The first-order valence-electron chi connectivity index (χ1n) is 8.87. The minimum atomic E-state index is -0.0280. The van der Waals surface area contributed by atoms with Crippen molar-refractivity contribution in [1.29, 1.82) is 0 Å². The van der Waals surface area contributed by atoms with Crippen LogP contribution in [0.4, 0.5) is 0 Å². The molecule has 0 aliphatic heterocycles. The zero-order chi connectivity index (χ0) is 17.8. The third-order valence-corrected chi connectivity index (χ3v) is 4.89. The molecular formula is C21H24N2O2. The Kier molecular flexibility index (Phi) is 5.17. The summed E-state index contributed by atoms with van der Waals surface area (Å²) in [5.74, 6) is 0.0911. The molecule has 0 saturated carbocycles. The molecule has 2 aromatic rings. The monoisotopic (exact) mass is 336 g/mol. The van der Waals surface area contributed by atoms with Crippen molar-refractivity contribution in [3.8, 4) is 0 Å². The number of amides is 2. The van der Waals surface area contributed by atoms with Crippen LogP contribution in [0.25, 0.3) is 0 Å². The van der Waals surface area contributed by atoms with Gasteiger partial charge in [0.2, 0.25) is 5.91 Å². The predicted molar refractivity (Wildman–Crippen MR) is 98.4 cm³/mol. The minimum Gasteiger partial charge on any atom is -0.351 e. The molecule has 1 aliphatic rings. The predicted octanol–water partition coefficient (Wildman–Crippen LogP) is 3.12. The number of hydrogen-bond acceptors (Lipinski definition) is 2. The van der Waals surface area contributed by atoms with E-state index in [1.54, 1.807) is 4.90 Å². The molecule has 0 radical (unpaired) electrons. The Hall–Kier alpha value is -2.62. The van der Waals surface area contributed by atoms with Gasteiger partial charge in [0, 0.05) is 25.2 Å². The largest absolute Gasteiger partial charge is 0.351 e. The van der Waals surface area contributed by atoms with Gasteiger partial charge in [0.1, 0.15) is 0 Å². The molecule has 4 nitrogen and oxygen atoms in total. The minimum absolute atomic E-state index is 0.0280. The molecule has 2 amide bonds. The van der Waals surface area contributed by atoms with Crippen molar-refractivity contribution in [1.82, 2.24) is 10.2 Å². The molecule has 1 atom stereocenters. The molecule has 130 valence electrons. The Morgan fingerprint density at radius 2 is 1.72 bits per heavy atom. The lowest BCUT2D eigenvalue weighted by molar-refractivity contribution is -0.123. The van der Waals surface area contributed by atoms with E-state index in [1.807, 2.05) is 56.3 Å². The van der Waals surface area contributed by atoms with Gasteiger partial charge in [-0.1, -0.05) is 36.4 Å². The average Bonchev–Trinajstić information content (AvgIpc) is 2.62. The number of fused-ring (bicyclic) bond motifs is 1. The smallest absolute Gasteiger partial charge is 0.253 e. The molecule has 25 heavy (non-hydrogen) atoms. The topological polar surface area (TPSA) is 49.4 Å². The van der Waals surface area contributed by atoms with E-state index < -0.39 is 0 Å². The highest BCUT2D eigenvalue weighted by atomic mass is 16.2. The summed E-state index contributed by atoms with van der Waals surface area (Å²) in [5.41, 5.74) is 4.09. The number of benzene rings is 2. The van der Waals surface area contributed by atoms with Crippen LogP contribution in [-0.2, 0) is 17.8 Å². The molecule has 0 unspecified atom stereocenters. The van der Waals surface area contributed by atoms with Gasteiger partial charge in [-0.15, -0.1) is 0 Å². The SMILES string of the molecule is CCN(CC)C(=O)c1ccc(CNC(=O)[C@@H]2Cc3ccccc32)cc1. The highest BCUT2D eigenvalue weighted by molar-refractivity contribution is 5.94. The number of nitrogens with zero attached hydrogens (tertiary/aromatic N) is 1. The van der Waals surface area contributed by atoms with E-state index >= 15 is 0 Å². The first kappa shape index (κ1) is 17.2. The van der Waals surface area contributed by atoms with E-state index in [4.69, 9.17) is 0 Å². The second-order valence-corrected chi connectivity index (χ2v) is 6.35. The molecule has 1 N–H and O–H groups in total. The summed E-state index contributed by atoms with van der Waals surface area (Å²) in [5, 5.41) is 3.00. The molecule has 0 aromatic heterocycles. The first-order chi connectivity index (χ1) is 12.1. The number of hydrogen-bond donors (Lipinski definition) is 1. The molecule has 4 heteroatoms. The number of nitrogens with one attached hydrogen (secondary N) is 1. The fourth-order valence-corrected chi connectivity index (χ4v) is 3.26. The van der Waals surface area contributed by atoms with Gasteiger partial charge in [0.05, 0.1) is 5.92 Å². The normalized spacial score (nSPS) is 15.0. The summed E-state index contributed by atoms with van der Waals surface area (Å²) in [6.07, 6.45) is 0.819. The quantitative estimate of drug-likeness (QED) is 0.881. The van der Waals surface area contributed by atoms with Crippen molar-refractivity contribution >= 4 is 11.8 Å². The van der Waals surface area contributed by atoms with E-state index in [9.17, 15) is 9.59 Å². The Balaban J connectivity index is 1.56. The lowest BCUT2D eigenvalue weighted by Crippen LogP contribution is -2.35. The summed E-state index contributed by atoms with van der Waals surface area (Å²) in [4.78, 5) is 26.4. The average molecular weight is 336 g/mol. The molecule has 0 saturated heterocycles. The first-order valence-corrected chi connectivity index (χ1v) is 8.87. The molecule has 1 aliphatic carbocycles. The number of carbonyl (C=O) groups excluding carboxylic acids is 2. The van der Waals surface area contributed by atoms with Gasteiger partial charge < -0.3 is 10.2 Å². The second kappa shape index (κ2) is 7.51. The van der Waals surface area contributed by atoms with Crippen molar-refractivity contribution in [2.45, 2.75) is 32.7 Å². The Bertz CT molecular complexity index is 764. The fourth-order valence-electron chi connectivity index (χ4n) is 3.26. The molecular weight excluding hydrogens is 312 g/mol. The maximum Gasteiger partial charge on any atom is 0.253 e. The molecule has 0 bridgehead atoms. The van der Waals surface area contributed by atoms with Crippen molar-refractivity contribution in [2.75, 3.05) is 13.1 Å². The van der Waals surface area contributed by atoms with E-state index in [2.05, 4.69) is 11.4 Å². The summed E-state index contributed by atoms with van der Waals surface area (Å²) in [6, 6.07) is 15.6. The zero-order valence-corrected chi connectivity index (χ0v) is 14.8. The van der Waals surface area contributed by atoms with E-state index in [0.29, 0.717) is 25.2 Å². The van der Waals surface area contributed by atoms with Crippen LogP contribution < -0.4 is 5.32 Å². The van der Waals surface area contributed by atoms with Crippen molar-refractivity contribution in [3.05, 3.63) is 70.8 Å². The van der Waals surface area contributed by atoms with Gasteiger partial charge in [-0.2, -0.15) is 0 Å². The lowest BCUT2D eigenvalue weighted by atomic mass is 9.77. The van der Waals surface area contributed by atoms with Gasteiger partial charge in [-0.25, -0.2) is 0 Å². The highest BCUT2D eigenvalue weighted by Crippen LogP contribution is 2.34. The second-order valence-electron chi connectivity index (χ2n) is 6.35. The van der Waals surface area contributed by atoms with Crippen LogP contribution in [0.15, 0.2) is 48.5 Å². The van der Waals surface area contributed by atoms with E-state index in [1.165, 1.54) is 5.56 Å². The molecule has 3 rings (SSSR count). The molecule has 0 spiro atoms. The maximum absolute atomic E-state index is 12.3. The summed E-state index contributed by atoms with van der Waals surface area (Å²) in [6.45, 7) is 5.84. The van der Waals surface area contributed by atoms with Crippen LogP contribution in [0.3, 0.4) is 0 Å². The van der Waals surface area contributed by atoms with E-state index in [0.717, 1.165) is 17.5 Å². The van der Waals surface area contributed by atoms with Gasteiger partial charge in [-0.05, 0) is 49.1 Å². The van der Waals surface area contributed by atoms with Gasteiger partial charge in [0.25, 0.3) is 5.91 Å².